The third kappa shape index (κ3) is 1.16. The van der Waals surface area contributed by atoms with Gasteiger partial charge in [-0.3, -0.25) is 14.5 Å². The van der Waals surface area contributed by atoms with Crippen molar-refractivity contribution in [3.63, 3.8) is 0 Å². The van der Waals surface area contributed by atoms with Gasteiger partial charge in [0, 0.05) is 7.05 Å². The molecule has 3 rings (SSSR count). The van der Waals surface area contributed by atoms with Crippen LogP contribution in [-0.2, 0) is 9.59 Å². The van der Waals surface area contributed by atoms with Gasteiger partial charge in [-0.2, -0.15) is 0 Å². The number of carbonyl (C=O) groups excluding carboxylic acids is 2. The molecule has 0 aromatic heterocycles. The number of allylic oxidation sites excluding steroid dienone is 2. The molecule has 0 unspecified atom stereocenters. The molecule has 9 heteroatoms. The van der Waals surface area contributed by atoms with E-state index in [-0.39, 0.29) is 10.1 Å². The van der Waals surface area contributed by atoms with Gasteiger partial charge in [-0.25, -0.2) is 0 Å². The van der Waals surface area contributed by atoms with Crippen LogP contribution < -0.4 is 0 Å². The first-order valence-electron chi connectivity index (χ1n) is 5.17. The molecule has 0 N–H and O–H groups in total. The zero-order chi connectivity index (χ0) is 14.5. The highest BCUT2D eigenvalue weighted by Crippen LogP contribution is 2.77. The maximum absolute atomic E-state index is 12.2. The molecular formula is C10H5Cl6NO2. The van der Waals surface area contributed by atoms with Crippen molar-refractivity contribution in [1.82, 2.24) is 4.90 Å². The fourth-order valence-corrected chi connectivity index (χ4v) is 6.06. The lowest BCUT2D eigenvalue weighted by atomic mass is 9.84. The Morgan fingerprint density at radius 1 is 0.895 bits per heavy atom. The molecule has 0 aromatic carbocycles. The Morgan fingerprint density at radius 3 is 1.53 bits per heavy atom. The zero-order valence-electron chi connectivity index (χ0n) is 9.19. The second-order valence-corrected chi connectivity index (χ2v) is 8.09. The van der Waals surface area contributed by atoms with Gasteiger partial charge >= 0.3 is 0 Å². The van der Waals surface area contributed by atoms with Crippen molar-refractivity contribution in [2.75, 3.05) is 7.05 Å². The maximum atomic E-state index is 12.2. The monoisotopic (exact) mass is 381 g/mol. The minimum atomic E-state index is -1.85. The maximum Gasteiger partial charge on any atom is 0.235 e. The summed E-state index contributed by atoms with van der Waals surface area (Å²) in [5, 5.41) is -0.151. The van der Waals surface area contributed by atoms with Crippen molar-refractivity contribution in [2.24, 2.45) is 11.8 Å². The fraction of sp³-hybridized carbons (Fsp3) is 0.600. The largest absolute Gasteiger partial charge is 0.285 e. The van der Waals surface area contributed by atoms with Crippen molar-refractivity contribution < 1.29 is 9.59 Å². The fourth-order valence-electron chi connectivity index (χ4n) is 3.13. The summed E-state index contributed by atoms with van der Waals surface area (Å²) in [4.78, 5) is 21.9. The van der Waals surface area contributed by atoms with Crippen LogP contribution in [0.1, 0.15) is 0 Å². The molecule has 104 valence electrons. The number of carbonyl (C=O) groups is 2. The summed E-state index contributed by atoms with van der Waals surface area (Å²) in [6.07, 6.45) is 0. The van der Waals surface area contributed by atoms with E-state index in [0.29, 0.717) is 0 Å². The highest BCUT2D eigenvalue weighted by molar-refractivity contribution is 6.66. The normalized spacial score (nSPS) is 47.4. The first kappa shape index (κ1) is 14.6. The highest BCUT2D eigenvalue weighted by Gasteiger charge is 2.87. The minimum Gasteiger partial charge on any atom is -0.285 e. The number of halogens is 6. The lowest BCUT2D eigenvalue weighted by Crippen LogP contribution is -2.49. The van der Waals surface area contributed by atoms with Crippen LogP contribution in [0.15, 0.2) is 10.1 Å². The van der Waals surface area contributed by atoms with Crippen molar-refractivity contribution >= 4 is 81.4 Å². The summed E-state index contributed by atoms with van der Waals surface area (Å²) in [5.74, 6) is -3.07. The first-order chi connectivity index (χ1) is 8.54. The van der Waals surface area contributed by atoms with Crippen LogP contribution in [-0.4, -0.2) is 37.8 Å². The summed E-state index contributed by atoms with van der Waals surface area (Å²) < 4.78 is -1.85. The minimum absolute atomic E-state index is 0.0754. The van der Waals surface area contributed by atoms with Gasteiger partial charge in [-0.05, 0) is 0 Å². The Balaban J connectivity index is 2.36. The molecule has 3 nitrogen and oxygen atoms in total. The van der Waals surface area contributed by atoms with Gasteiger partial charge in [-0.15, -0.1) is 23.2 Å². The highest BCUT2D eigenvalue weighted by atomic mass is 35.5. The Kier molecular flexibility index (Phi) is 2.82. The summed E-state index contributed by atoms with van der Waals surface area (Å²) in [5.41, 5.74) is 0. The van der Waals surface area contributed by atoms with E-state index in [0.717, 1.165) is 4.90 Å². The number of rotatable bonds is 0. The van der Waals surface area contributed by atoms with Crippen LogP contribution in [0.5, 0.6) is 0 Å². The van der Waals surface area contributed by atoms with Crippen LogP contribution in [0.2, 0.25) is 0 Å². The molecule has 2 aliphatic carbocycles. The molecule has 2 amide bonds. The van der Waals surface area contributed by atoms with Crippen molar-refractivity contribution in [3.05, 3.63) is 10.1 Å². The number of imide groups is 1. The number of hydrogen-bond donors (Lipinski definition) is 0. The van der Waals surface area contributed by atoms with Crippen LogP contribution in [0.4, 0.5) is 0 Å². The Hall–Kier alpha value is 0.620. The van der Waals surface area contributed by atoms with Gasteiger partial charge in [-0.1, -0.05) is 46.4 Å². The van der Waals surface area contributed by atoms with Crippen LogP contribution >= 0.6 is 69.6 Å². The summed E-state index contributed by atoms with van der Waals surface area (Å²) >= 11 is 37.5. The van der Waals surface area contributed by atoms with E-state index in [1.807, 2.05) is 0 Å². The number of alkyl halides is 4. The van der Waals surface area contributed by atoms with Crippen LogP contribution in [0.25, 0.3) is 0 Å². The van der Waals surface area contributed by atoms with Gasteiger partial charge < -0.3 is 0 Å². The van der Waals surface area contributed by atoms with E-state index in [4.69, 9.17) is 69.6 Å². The predicted molar refractivity (Wildman–Crippen MR) is 75.1 cm³/mol. The molecule has 2 bridgehead atoms. The molecular weight excluding hydrogens is 379 g/mol. The van der Waals surface area contributed by atoms with E-state index in [1.165, 1.54) is 7.05 Å². The topological polar surface area (TPSA) is 37.4 Å². The SMILES string of the molecule is CN1C(=O)[C@@H]2[C@H](C1=O)[C@]1(Cl)C(Cl)=C(Cl)[C@@]2(Cl)C1(Cl)Cl. The summed E-state index contributed by atoms with van der Waals surface area (Å²) in [6, 6.07) is 0. The lowest BCUT2D eigenvalue weighted by Gasteiger charge is -2.34. The standard InChI is InChI=1S/C10H5Cl6NO2/c1-17-6(18)2-3(7(17)19)9(14)5(12)4(11)8(2,13)10(9,15)16/h2-3H,1H3/t2-,3+,8+,9-. The second-order valence-electron chi connectivity index (χ2n) is 4.82. The molecule has 0 spiro atoms. The molecule has 1 saturated heterocycles. The molecule has 1 saturated carbocycles. The Bertz CT molecular complexity index is 528. The van der Waals surface area contributed by atoms with Crippen molar-refractivity contribution in [3.8, 4) is 0 Å². The number of likely N-dealkylation sites (tertiary alicyclic amines) is 1. The number of hydrogen-bond acceptors (Lipinski definition) is 2. The molecule has 1 aliphatic heterocycles. The lowest BCUT2D eigenvalue weighted by molar-refractivity contribution is -0.138. The predicted octanol–water partition coefficient (Wildman–Crippen LogP) is 3.06. The van der Waals surface area contributed by atoms with Gasteiger partial charge in [0.1, 0.15) is 9.75 Å². The van der Waals surface area contributed by atoms with Crippen LogP contribution in [0.3, 0.4) is 0 Å². The average molecular weight is 384 g/mol. The molecule has 2 fully saturated rings. The molecule has 0 radical (unpaired) electrons. The quantitative estimate of drug-likeness (QED) is 0.476. The summed E-state index contributed by atoms with van der Waals surface area (Å²) in [6.45, 7) is 0. The van der Waals surface area contributed by atoms with Crippen LogP contribution in [0, 0.1) is 11.8 Å². The zero-order valence-corrected chi connectivity index (χ0v) is 13.7. The van der Waals surface area contributed by atoms with E-state index in [1.54, 1.807) is 0 Å². The van der Waals surface area contributed by atoms with Gasteiger partial charge in [0.15, 0.2) is 4.33 Å². The van der Waals surface area contributed by atoms with E-state index in [9.17, 15) is 9.59 Å². The van der Waals surface area contributed by atoms with Gasteiger partial charge in [0.2, 0.25) is 11.8 Å². The van der Waals surface area contributed by atoms with Gasteiger partial charge in [0.25, 0.3) is 0 Å². The van der Waals surface area contributed by atoms with Crippen molar-refractivity contribution in [1.29, 1.82) is 0 Å². The second kappa shape index (κ2) is 3.68. The number of fused-ring (bicyclic) bond motifs is 5. The molecule has 1 heterocycles. The third-order valence-electron chi connectivity index (χ3n) is 4.13. The number of nitrogens with zero attached hydrogens (tertiary/aromatic N) is 1. The first-order valence-corrected chi connectivity index (χ1v) is 7.44. The van der Waals surface area contributed by atoms with E-state index < -0.39 is 37.7 Å². The van der Waals surface area contributed by atoms with Crippen molar-refractivity contribution in [2.45, 2.75) is 14.1 Å². The molecule has 0 aromatic rings. The van der Waals surface area contributed by atoms with E-state index >= 15 is 0 Å². The van der Waals surface area contributed by atoms with E-state index in [2.05, 4.69) is 0 Å². The Labute approximate surface area is 138 Å². The molecule has 19 heavy (non-hydrogen) atoms. The smallest absolute Gasteiger partial charge is 0.235 e. The Morgan fingerprint density at radius 2 is 1.21 bits per heavy atom. The van der Waals surface area contributed by atoms with Gasteiger partial charge in [0.05, 0.1) is 21.9 Å². The average Bonchev–Trinajstić information content (AvgIpc) is 2.69. The summed E-state index contributed by atoms with van der Waals surface area (Å²) in [7, 11) is 1.34. The molecule has 3 aliphatic rings. The molecule has 4 atom stereocenters. The third-order valence-corrected chi connectivity index (χ3v) is 8.39. The number of amides is 2.